The van der Waals surface area contributed by atoms with Gasteiger partial charge in [0, 0.05) is 27.1 Å². The van der Waals surface area contributed by atoms with Gasteiger partial charge in [0.2, 0.25) is 6.79 Å². The van der Waals surface area contributed by atoms with Gasteiger partial charge >= 0.3 is 0 Å². The number of ether oxygens (including phenoxy) is 2. The van der Waals surface area contributed by atoms with Gasteiger partial charge in [-0.3, -0.25) is 4.79 Å². The number of halogens is 3. The molecule has 168 valence electrons. The molecule has 33 heavy (non-hydrogen) atoms. The van der Waals surface area contributed by atoms with E-state index in [9.17, 15) is 4.79 Å². The molecule has 1 amide bonds. The first-order valence-electron chi connectivity index (χ1n) is 10.3. The fraction of sp³-hybridized carbons (Fsp3) is 0.208. The van der Waals surface area contributed by atoms with Crippen LogP contribution in [0.4, 0.5) is 0 Å². The lowest BCUT2D eigenvalue weighted by Gasteiger charge is -2.24. The summed E-state index contributed by atoms with van der Waals surface area (Å²) in [5, 5.41) is 13.7. The predicted molar refractivity (Wildman–Crippen MR) is 127 cm³/mol. The molecule has 3 unspecified atom stereocenters. The molecular formula is C24H18Cl3N3O3. The van der Waals surface area contributed by atoms with Gasteiger partial charge in [-0.15, -0.1) is 0 Å². The molecule has 0 saturated heterocycles. The highest BCUT2D eigenvalue weighted by Crippen LogP contribution is 2.39. The van der Waals surface area contributed by atoms with Gasteiger partial charge in [-0.05, 0) is 53.6 Å². The Morgan fingerprint density at radius 1 is 0.909 bits per heavy atom. The van der Waals surface area contributed by atoms with E-state index in [2.05, 4.69) is 15.5 Å². The normalized spacial score (nSPS) is 19.5. The van der Waals surface area contributed by atoms with E-state index < -0.39 is 6.04 Å². The van der Waals surface area contributed by atoms with Crippen molar-refractivity contribution in [1.82, 2.24) is 5.32 Å². The van der Waals surface area contributed by atoms with E-state index in [-0.39, 0.29) is 24.8 Å². The predicted octanol–water partition coefficient (Wildman–Crippen LogP) is 6.81. The minimum Gasteiger partial charge on any atom is -0.454 e. The number of benzene rings is 3. The van der Waals surface area contributed by atoms with Crippen LogP contribution in [0.15, 0.2) is 70.9 Å². The molecule has 2 heterocycles. The molecule has 0 radical (unpaired) electrons. The van der Waals surface area contributed by atoms with E-state index in [1.807, 2.05) is 24.3 Å². The lowest BCUT2D eigenvalue weighted by molar-refractivity contribution is 0.0930. The minimum absolute atomic E-state index is 0.136. The number of carbonyl (C=O) groups excluding carboxylic acids is 1. The molecule has 9 heteroatoms. The molecular weight excluding hydrogens is 485 g/mol. The molecule has 3 aromatic rings. The Labute approximate surface area is 205 Å². The summed E-state index contributed by atoms with van der Waals surface area (Å²) in [4.78, 5) is 13.2. The van der Waals surface area contributed by atoms with E-state index in [1.54, 1.807) is 36.4 Å². The number of nitrogens with one attached hydrogen (secondary N) is 1. The van der Waals surface area contributed by atoms with Gasteiger partial charge in [0.25, 0.3) is 5.91 Å². The van der Waals surface area contributed by atoms with E-state index in [0.717, 1.165) is 11.1 Å². The number of fused-ring (bicyclic) bond motifs is 1. The SMILES string of the molecule is O=C(NC(c1ccc(Cl)cc1Cl)C1CC(c2ccc(Cl)cc2)N=N1)c1ccc2c(c1)OCO2. The molecule has 0 aliphatic carbocycles. The summed E-state index contributed by atoms with van der Waals surface area (Å²) in [6, 6.07) is 16.8. The maximum atomic E-state index is 13.2. The molecule has 3 aromatic carbocycles. The van der Waals surface area contributed by atoms with Gasteiger partial charge < -0.3 is 14.8 Å². The topological polar surface area (TPSA) is 72.3 Å². The van der Waals surface area contributed by atoms with Gasteiger partial charge in [-0.2, -0.15) is 10.2 Å². The largest absolute Gasteiger partial charge is 0.454 e. The Bertz CT molecular complexity index is 1230. The van der Waals surface area contributed by atoms with Gasteiger partial charge in [0.1, 0.15) is 0 Å². The average molecular weight is 503 g/mol. The van der Waals surface area contributed by atoms with Crippen molar-refractivity contribution >= 4 is 40.7 Å². The second kappa shape index (κ2) is 9.21. The summed E-state index contributed by atoms with van der Waals surface area (Å²) in [5.41, 5.74) is 2.17. The van der Waals surface area contributed by atoms with E-state index in [0.29, 0.717) is 38.6 Å². The van der Waals surface area contributed by atoms with Crippen molar-refractivity contribution < 1.29 is 14.3 Å². The monoisotopic (exact) mass is 501 g/mol. The van der Waals surface area contributed by atoms with Crippen molar-refractivity contribution in [1.29, 1.82) is 0 Å². The summed E-state index contributed by atoms with van der Waals surface area (Å²) in [6.45, 7) is 0.137. The van der Waals surface area contributed by atoms with Crippen LogP contribution in [-0.4, -0.2) is 18.7 Å². The van der Waals surface area contributed by atoms with Gasteiger partial charge in [0.15, 0.2) is 11.5 Å². The van der Waals surface area contributed by atoms with Gasteiger partial charge in [0.05, 0.1) is 18.1 Å². The second-order valence-corrected chi connectivity index (χ2v) is 9.07. The number of hydrogen-bond acceptors (Lipinski definition) is 5. The van der Waals surface area contributed by atoms with E-state index >= 15 is 0 Å². The van der Waals surface area contributed by atoms with Crippen molar-refractivity contribution in [3.8, 4) is 11.5 Å². The fourth-order valence-corrected chi connectivity index (χ4v) is 4.63. The quantitative estimate of drug-likeness (QED) is 0.416. The van der Waals surface area contributed by atoms with Gasteiger partial charge in [-0.1, -0.05) is 53.0 Å². The zero-order chi connectivity index (χ0) is 22.9. The summed E-state index contributed by atoms with van der Waals surface area (Å²) in [7, 11) is 0. The third-order valence-electron chi connectivity index (χ3n) is 5.68. The lowest BCUT2D eigenvalue weighted by atomic mass is 9.93. The molecule has 2 aliphatic heterocycles. The van der Waals surface area contributed by atoms with Crippen LogP contribution in [0.3, 0.4) is 0 Å². The van der Waals surface area contributed by atoms with Crippen LogP contribution < -0.4 is 14.8 Å². The molecule has 1 N–H and O–H groups in total. The molecule has 5 rings (SSSR count). The van der Waals surface area contributed by atoms with E-state index in [1.165, 1.54) is 0 Å². The number of amides is 1. The highest BCUT2D eigenvalue weighted by atomic mass is 35.5. The molecule has 0 bridgehead atoms. The summed E-state index contributed by atoms with van der Waals surface area (Å²) in [5.74, 6) is 0.862. The molecule has 0 aromatic heterocycles. The van der Waals surface area contributed by atoms with Crippen LogP contribution in [-0.2, 0) is 0 Å². The first-order chi connectivity index (χ1) is 16.0. The van der Waals surface area contributed by atoms with Crippen LogP contribution in [0, 0.1) is 0 Å². The molecule has 0 saturated carbocycles. The molecule has 0 fully saturated rings. The van der Waals surface area contributed by atoms with Crippen LogP contribution in [0.25, 0.3) is 0 Å². The van der Waals surface area contributed by atoms with Crippen LogP contribution >= 0.6 is 34.8 Å². The number of rotatable bonds is 5. The Kier molecular flexibility index (Phi) is 6.15. The fourth-order valence-electron chi connectivity index (χ4n) is 3.98. The molecule has 6 nitrogen and oxygen atoms in total. The third-order valence-corrected chi connectivity index (χ3v) is 6.49. The third kappa shape index (κ3) is 4.64. The lowest BCUT2D eigenvalue weighted by Crippen LogP contribution is -2.35. The summed E-state index contributed by atoms with van der Waals surface area (Å²) in [6.07, 6.45) is 0.604. The Hall–Kier alpha value is -2.80. The van der Waals surface area contributed by atoms with Crippen LogP contribution in [0.2, 0.25) is 15.1 Å². The number of nitrogens with zero attached hydrogens (tertiary/aromatic N) is 2. The maximum Gasteiger partial charge on any atom is 0.251 e. The van der Waals surface area contributed by atoms with Crippen molar-refractivity contribution in [2.45, 2.75) is 24.5 Å². The van der Waals surface area contributed by atoms with Crippen molar-refractivity contribution in [3.05, 3.63) is 92.4 Å². The molecule has 3 atom stereocenters. The van der Waals surface area contributed by atoms with E-state index in [4.69, 9.17) is 44.3 Å². The summed E-state index contributed by atoms with van der Waals surface area (Å²) < 4.78 is 10.7. The highest BCUT2D eigenvalue weighted by molar-refractivity contribution is 6.35. The zero-order valence-electron chi connectivity index (χ0n) is 17.2. The number of hydrogen-bond donors (Lipinski definition) is 1. The Morgan fingerprint density at radius 3 is 2.45 bits per heavy atom. The van der Waals surface area contributed by atoms with Crippen molar-refractivity contribution in [2.24, 2.45) is 10.2 Å². The Morgan fingerprint density at radius 2 is 1.67 bits per heavy atom. The van der Waals surface area contributed by atoms with Gasteiger partial charge in [-0.25, -0.2) is 0 Å². The van der Waals surface area contributed by atoms with Crippen molar-refractivity contribution in [2.75, 3.05) is 6.79 Å². The standard InChI is InChI=1S/C24H18Cl3N3O3/c25-15-4-1-13(2-5-15)19-11-20(30-29-19)23(17-7-6-16(26)10-18(17)27)28-24(31)14-3-8-21-22(9-14)33-12-32-21/h1-10,19-20,23H,11-12H2,(H,28,31). The highest BCUT2D eigenvalue weighted by Gasteiger charge is 2.34. The molecule has 2 aliphatic rings. The maximum absolute atomic E-state index is 13.2. The Balaban J connectivity index is 1.42. The number of carbonyl (C=O) groups is 1. The smallest absolute Gasteiger partial charge is 0.251 e. The zero-order valence-corrected chi connectivity index (χ0v) is 19.4. The first kappa shape index (κ1) is 22.0. The first-order valence-corrected chi connectivity index (χ1v) is 11.4. The average Bonchev–Trinajstić information content (AvgIpc) is 3.47. The molecule has 0 spiro atoms. The van der Waals surface area contributed by atoms with Crippen LogP contribution in [0.5, 0.6) is 11.5 Å². The second-order valence-electron chi connectivity index (χ2n) is 7.79. The minimum atomic E-state index is -0.506. The van der Waals surface area contributed by atoms with Crippen LogP contribution in [0.1, 0.15) is 40.0 Å². The van der Waals surface area contributed by atoms with Crippen molar-refractivity contribution in [3.63, 3.8) is 0 Å². The number of azo groups is 1. The summed E-state index contributed by atoms with van der Waals surface area (Å²) >= 11 is 18.6.